The van der Waals surface area contributed by atoms with Gasteiger partial charge in [-0.2, -0.15) is 5.10 Å². The molecule has 1 N–H and O–H groups in total. The molecule has 4 bridgehead atoms. The van der Waals surface area contributed by atoms with E-state index in [0.717, 1.165) is 54.3 Å². The molecule has 5 fully saturated rings. The summed E-state index contributed by atoms with van der Waals surface area (Å²) in [6.45, 7) is 4.32. The van der Waals surface area contributed by atoms with Crippen LogP contribution in [0.5, 0.6) is 0 Å². The standard InChI is InChI=1S/C25H32FN3O2/c1-14(23-22-19(28(3)27-23)7-6-18(26)21(22)15-4-5-15)8-20(30)29-16-9-24(2)10-17(29)12-25(31,11-16)13-24/h6-7,14-17,31H,4-5,8-13H2,1-3H3. The summed E-state index contributed by atoms with van der Waals surface area (Å²) in [6.07, 6.45) is 6.72. The van der Waals surface area contributed by atoms with Gasteiger partial charge in [0.05, 0.1) is 16.8 Å². The van der Waals surface area contributed by atoms with E-state index in [4.69, 9.17) is 5.10 Å². The Morgan fingerprint density at radius 2 is 1.94 bits per heavy atom. The van der Waals surface area contributed by atoms with E-state index in [-0.39, 0.29) is 41.1 Å². The second-order valence-electron chi connectivity index (χ2n) is 11.4. The third kappa shape index (κ3) is 2.97. The number of halogens is 1. The molecule has 3 atom stereocenters. The lowest BCUT2D eigenvalue weighted by Gasteiger charge is -2.63. The molecule has 2 saturated heterocycles. The van der Waals surface area contributed by atoms with E-state index in [1.165, 1.54) is 0 Å². The first-order valence-electron chi connectivity index (χ1n) is 11.8. The van der Waals surface area contributed by atoms with Crippen molar-refractivity contribution in [2.75, 3.05) is 0 Å². The second-order valence-corrected chi connectivity index (χ2v) is 11.4. The molecule has 7 rings (SSSR count). The highest BCUT2D eigenvalue weighted by molar-refractivity contribution is 5.88. The molecule has 3 heterocycles. The van der Waals surface area contributed by atoms with Gasteiger partial charge in [-0.05, 0) is 68.4 Å². The molecule has 5 aliphatic rings. The number of rotatable bonds is 4. The van der Waals surface area contributed by atoms with Gasteiger partial charge in [-0.25, -0.2) is 4.39 Å². The Labute approximate surface area is 182 Å². The van der Waals surface area contributed by atoms with Gasteiger partial charge in [0.1, 0.15) is 5.82 Å². The average molecular weight is 426 g/mol. The van der Waals surface area contributed by atoms with Crippen LogP contribution in [0.3, 0.4) is 0 Å². The Kier molecular flexibility index (Phi) is 4.01. The summed E-state index contributed by atoms with van der Waals surface area (Å²) in [7, 11) is 1.90. The van der Waals surface area contributed by atoms with Crippen LogP contribution in [0.4, 0.5) is 4.39 Å². The summed E-state index contributed by atoms with van der Waals surface area (Å²) in [5.41, 5.74) is 2.17. The van der Waals surface area contributed by atoms with Crippen LogP contribution in [-0.2, 0) is 11.8 Å². The lowest BCUT2D eigenvalue weighted by atomic mass is 9.54. The largest absolute Gasteiger partial charge is 0.390 e. The van der Waals surface area contributed by atoms with Crippen LogP contribution < -0.4 is 0 Å². The molecule has 31 heavy (non-hydrogen) atoms. The Morgan fingerprint density at radius 1 is 1.26 bits per heavy atom. The molecule has 3 saturated carbocycles. The summed E-state index contributed by atoms with van der Waals surface area (Å²) >= 11 is 0. The minimum absolute atomic E-state index is 0.0774. The van der Waals surface area contributed by atoms with Gasteiger partial charge in [-0.15, -0.1) is 0 Å². The van der Waals surface area contributed by atoms with Crippen molar-refractivity contribution >= 4 is 16.8 Å². The minimum Gasteiger partial charge on any atom is -0.390 e. The summed E-state index contributed by atoms with van der Waals surface area (Å²) in [5, 5.41) is 16.7. The van der Waals surface area contributed by atoms with Gasteiger partial charge in [-0.1, -0.05) is 13.8 Å². The van der Waals surface area contributed by atoms with Crippen molar-refractivity contribution < 1.29 is 14.3 Å². The summed E-state index contributed by atoms with van der Waals surface area (Å²) < 4.78 is 16.6. The first-order valence-corrected chi connectivity index (χ1v) is 11.8. The Balaban J connectivity index is 1.30. The fourth-order valence-electron chi connectivity index (χ4n) is 7.47. The lowest BCUT2D eigenvalue weighted by Crippen LogP contribution is -2.68. The molecule has 2 aromatic rings. The second kappa shape index (κ2) is 6.31. The van der Waals surface area contributed by atoms with E-state index in [0.29, 0.717) is 19.3 Å². The lowest BCUT2D eigenvalue weighted by molar-refractivity contribution is -0.193. The number of nitrogens with zero attached hydrogens (tertiary/aromatic N) is 3. The molecule has 5 nitrogen and oxygen atoms in total. The predicted molar refractivity (Wildman–Crippen MR) is 116 cm³/mol. The topological polar surface area (TPSA) is 58.4 Å². The summed E-state index contributed by atoms with van der Waals surface area (Å²) in [5.74, 6) is 0.223. The number of hydrogen-bond donors (Lipinski definition) is 1. The maximum absolute atomic E-state index is 14.7. The Morgan fingerprint density at radius 3 is 2.55 bits per heavy atom. The quantitative estimate of drug-likeness (QED) is 0.791. The zero-order valence-electron chi connectivity index (χ0n) is 18.7. The van der Waals surface area contributed by atoms with Crippen LogP contribution in [0.2, 0.25) is 0 Å². The van der Waals surface area contributed by atoms with E-state index < -0.39 is 5.60 Å². The molecule has 1 amide bonds. The minimum atomic E-state index is -0.586. The van der Waals surface area contributed by atoms with Crippen LogP contribution in [0, 0.1) is 11.2 Å². The molecule has 1 aromatic heterocycles. The number of aryl methyl sites for hydroxylation is 1. The Bertz CT molecular complexity index is 1050. The molecule has 0 spiro atoms. The van der Waals surface area contributed by atoms with Crippen molar-refractivity contribution in [3.63, 3.8) is 0 Å². The number of aliphatic hydroxyl groups is 1. The van der Waals surface area contributed by atoms with Crippen LogP contribution in [0.15, 0.2) is 12.1 Å². The molecule has 0 radical (unpaired) electrons. The zero-order chi connectivity index (χ0) is 21.7. The maximum Gasteiger partial charge on any atom is 0.223 e. The van der Waals surface area contributed by atoms with Gasteiger partial charge in [-0.3, -0.25) is 9.48 Å². The van der Waals surface area contributed by atoms with E-state index in [2.05, 4.69) is 11.8 Å². The van der Waals surface area contributed by atoms with Gasteiger partial charge in [0.15, 0.2) is 0 Å². The van der Waals surface area contributed by atoms with Gasteiger partial charge < -0.3 is 10.0 Å². The third-order valence-electron chi connectivity index (χ3n) is 8.48. The molecule has 1 aromatic carbocycles. The number of fused-ring (bicyclic) bond motifs is 1. The van der Waals surface area contributed by atoms with E-state index >= 15 is 0 Å². The number of amides is 1. The molecule has 3 aliphatic carbocycles. The van der Waals surface area contributed by atoms with Crippen LogP contribution in [0.25, 0.3) is 10.9 Å². The van der Waals surface area contributed by atoms with Crippen molar-refractivity contribution in [3.8, 4) is 0 Å². The van der Waals surface area contributed by atoms with E-state index in [9.17, 15) is 14.3 Å². The SMILES string of the molecule is CC(CC(=O)N1C2CC3(C)CC1CC(O)(C2)C3)c1nn(C)c2ccc(F)c(C3CC3)c12. The third-order valence-corrected chi connectivity index (χ3v) is 8.48. The fourth-order valence-corrected chi connectivity index (χ4v) is 7.47. The normalized spacial score (nSPS) is 35.2. The summed E-state index contributed by atoms with van der Waals surface area (Å²) in [6, 6.07) is 3.67. The Hall–Kier alpha value is -1.95. The monoisotopic (exact) mass is 425 g/mol. The van der Waals surface area contributed by atoms with Crippen molar-refractivity contribution in [2.45, 2.75) is 94.7 Å². The molecular weight excluding hydrogens is 393 g/mol. The van der Waals surface area contributed by atoms with Crippen molar-refractivity contribution in [1.82, 2.24) is 14.7 Å². The van der Waals surface area contributed by atoms with Crippen LogP contribution in [-0.4, -0.2) is 43.4 Å². The molecule has 166 valence electrons. The molecule has 3 unspecified atom stereocenters. The van der Waals surface area contributed by atoms with Crippen molar-refractivity contribution in [1.29, 1.82) is 0 Å². The van der Waals surface area contributed by atoms with Gasteiger partial charge >= 0.3 is 0 Å². The average Bonchev–Trinajstić information content (AvgIpc) is 3.42. The zero-order valence-corrected chi connectivity index (χ0v) is 18.7. The number of carbonyl (C=O) groups excluding carboxylic acids is 1. The van der Waals surface area contributed by atoms with E-state index in [1.807, 2.05) is 24.7 Å². The molecular formula is C25H32FN3O2. The predicted octanol–water partition coefficient (Wildman–Crippen LogP) is 4.38. The first kappa shape index (κ1) is 19.7. The maximum atomic E-state index is 14.7. The van der Waals surface area contributed by atoms with Gasteiger partial charge in [0.2, 0.25) is 5.91 Å². The van der Waals surface area contributed by atoms with Crippen LogP contribution in [0.1, 0.15) is 88.3 Å². The number of hydrogen-bond acceptors (Lipinski definition) is 3. The highest BCUT2D eigenvalue weighted by Crippen LogP contribution is 2.57. The smallest absolute Gasteiger partial charge is 0.223 e. The van der Waals surface area contributed by atoms with Gasteiger partial charge in [0.25, 0.3) is 0 Å². The molecule has 2 aliphatic heterocycles. The molecule has 6 heteroatoms. The number of benzene rings is 1. The van der Waals surface area contributed by atoms with Crippen molar-refractivity contribution in [3.05, 3.63) is 29.2 Å². The number of aromatic nitrogens is 2. The van der Waals surface area contributed by atoms with Gasteiger partial charge in [0, 0.05) is 42.4 Å². The summed E-state index contributed by atoms with van der Waals surface area (Å²) in [4.78, 5) is 15.6. The highest BCUT2D eigenvalue weighted by atomic mass is 19.1. The fraction of sp³-hybridized carbons (Fsp3) is 0.680. The van der Waals surface area contributed by atoms with Crippen molar-refractivity contribution in [2.24, 2.45) is 12.5 Å². The first-order chi connectivity index (χ1) is 14.7. The number of piperidine rings is 2. The number of carbonyl (C=O) groups is 1. The van der Waals surface area contributed by atoms with E-state index in [1.54, 1.807) is 6.07 Å². The van der Waals surface area contributed by atoms with Crippen LogP contribution >= 0.6 is 0 Å². The highest BCUT2D eigenvalue weighted by Gasteiger charge is 2.59.